The van der Waals surface area contributed by atoms with Crippen LogP contribution in [0.2, 0.25) is 5.15 Å². The molecule has 0 spiro atoms. The molecule has 64 valence electrons. The van der Waals surface area contributed by atoms with Crippen LogP contribution in [0.1, 0.15) is 18.0 Å². The van der Waals surface area contributed by atoms with E-state index in [4.69, 9.17) is 11.6 Å². The van der Waals surface area contributed by atoms with Crippen molar-refractivity contribution in [1.29, 1.82) is 0 Å². The fourth-order valence-electron chi connectivity index (χ4n) is 1.28. The van der Waals surface area contributed by atoms with E-state index >= 15 is 0 Å². The molecule has 1 aromatic rings. The number of H-pyrrole nitrogens is 1. The van der Waals surface area contributed by atoms with E-state index in [-0.39, 0.29) is 5.56 Å². The number of hydrogen-bond donors (Lipinski definition) is 2. The molecule has 0 radical (unpaired) electrons. The number of halogens is 1. The third kappa shape index (κ3) is 1.26. The zero-order valence-electron chi connectivity index (χ0n) is 6.43. The molecule has 0 saturated carbocycles. The van der Waals surface area contributed by atoms with Gasteiger partial charge in [0.1, 0.15) is 5.15 Å². The average molecular weight is 185 g/mol. The molecule has 1 fully saturated rings. The van der Waals surface area contributed by atoms with Crippen LogP contribution in [0.4, 0.5) is 0 Å². The molecule has 1 aliphatic heterocycles. The first-order valence-corrected chi connectivity index (χ1v) is 4.27. The summed E-state index contributed by atoms with van der Waals surface area (Å²) in [6.45, 7) is 1.03. The normalized spacial score (nSPS) is 21.9. The monoisotopic (exact) mass is 184 g/mol. The van der Waals surface area contributed by atoms with Gasteiger partial charge in [0.2, 0.25) is 5.56 Å². The second kappa shape index (κ2) is 2.92. The smallest absolute Gasteiger partial charge is 0.249 e. The summed E-state index contributed by atoms with van der Waals surface area (Å²) in [6, 6.07) is 3.61. The predicted octanol–water partition coefficient (Wildman–Crippen LogP) is 1.06. The summed E-state index contributed by atoms with van der Waals surface area (Å²) in [4.78, 5) is 13.4. The lowest BCUT2D eigenvalue weighted by Gasteiger charge is -2.28. The molecular weight excluding hydrogens is 176 g/mol. The first-order chi connectivity index (χ1) is 5.77. The van der Waals surface area contributed by atoms with Crippen LogP contribution < -0.4 is 10.9 Å². The van der Waals surface area contributed by atoms with Gasteiger partial charge in [-0.25, -0.2) is 0 Å². The maximum Gasteiger partial charge on any atom is 0.249 e. The van der Waals surface area contributed by atoms with E-state index in [9.17, 15) is 4.79 Å². The van der Waals surface area contributed by atoms with Gasteiger partial charge in [-0.1, -0.05) is 11.6 Å². The summed E-state index contributed by atoms with van der Waals surface area (Å²) >= 11 is 5.84. The lowest BCUT2D eigenvalue weighted by Crippen LogP contribution is -2.35. The minimum atomic E-state index is -0.150. The molecule has 1 unspecified atom stereocenters. The number of hydrogen-bond acceptors (Lipinski definition) is 2. The summed E-state index contributed by atoms with van der Waals surface area (Å²) in [6.07, 6.45) is 1.09. The lowest BCUT2D eigenvalue weighted by atomic mass is 10.00. The lowest BCUT2D eigenvalue weighted by molar-refractivity contribution is 0.382. The van der Waals surface area contributed by atoms with Crippen LogP contribution in [-0.2, 0) is 0 Å². The molecule has 1 aliphatic rings. The van der Waals surface area contributed by atoms with Crippen molar-refractivity contribution >= 4 is 11.6 Å². The Morgan fingerprint density at radius 2 is 2.25 bits per heavy atom. The number of aromatic nitrogens is 1. The molecule has 0 bridgehead atoms. The van der Waals surface area contributed by atoms with Gasteiger partial charge in [-0.2, -0.15) is 0 Å². The summed E-state index contributed by atoms with van der Waals surface area (Å²) in [7, 11) is 0. The van der Waals surface area contributed by atoms with E-state index in [0.717, 1.165) is 18.5 Å². The summed E-state index contributed by atoms with van der Waals surface area (Å²) < 4.78 is 0. The van der Waals surface area contributed by atoms with Gasteiger partial charge in [0.25, 0.3) is 0 Å². The SMILES string of the molecule is O=c1ccc(C2CCN2)c(Cl)[nH]1. The van der Waals surface area contributed by atoms with Crippen molar-refractivity contribution in [2.24, 2.45) is 0 Å². The maximum atomic E-state index is 10.8. The third-order valence-corrected chi connectivity index (χ3v) is 2.41. The van der Waals surface area contributed by atoms with E-state index in [1.165, 1.54) is 6.07 Å². The van der Waals surface area contributed by atoms with E-state index < -0.39 is 0 Å². The van der Waals surface area contributed by atoms with Gasteiger partial charge in [-0.05, 0) is 19.0 Å². The molecule has 1 aromatic heterocycles. The van der Waals surface area contributed by atoms with Gasteiger partial charge in [0.05, 0.1) is 0 Å². The number of nitrogens with one attached hydrogen (secondary N) is 2. The van der Waals surface area contributed by atoms with Crippen molar-refractivity contribution in [2.45, 2.75) is 12.5 Å². The molecule has 1 saturated heterocycles. The highest BCUT2D eigenvalue weighted by atomic mass is 35.5. The summed E-state index contributed by atoms with van der Waals surface area (Å²) in [5.74, 6) is 0. The molecule has 1 atom stereocenters. The van der Waals surface area contributed by atoms with Crippen LogP contribution in [0, 0.1) is 0 Å². The summed E-state index contributed by atoms with van der Waals surface area (Å²) in [5.41, 5.74) is 0.839. The Hall–Kier alpha value is -0.800. The minimum absolute atomic E-state index is 0.150. The van der Waals surface area contributed by atoms with Gasteiger partial charge >= 0.3 is 0 Å². The third-order valence-electron chi connectivity index (χ3n) is 2.10. The maximum absolute atomic E-state index is 10.8. The molecular formula is C8H9ClN2O. The molecule has 4 heteroatoms. The van der Waals surface area contributed by atoms with Gasteiger partial charge in [0, 0.05) is 17.7 Å². The van der Waals surface area contributed by atoms with Gasteiger partial charge in [-0.15, -0.1) is 0 Å². The number of rotatable bonds is 1. The zero-order chi connectivity index (χ0) is 8.55. The highest BCUT2D eigenvalue weighted by Crippen LogP contribution is 2.26. The molecule has 2 N–H and O–H groups in total. The molecule has 0 aromatic carbocycles. The first kappa shape index (κ1) is 7.83. The highest BCUT2D eigenvalue weighted by Gasteiger charge is 2.20. The Bertz CT molecular complexity index is 343. The van der Waals surface area contributed by atoms with Crippen molar-refractivity contribution in [3.05, 3.63) is 33.2 Å². The quantitative estimate of drug-likeness (QED) is 0.642. The first-order valence-electron chi connectivity index (χ1n) is 3.89. The molecule has 2 heterocycles. The van der Waals surface area contributed by atoms with Gasteiger partial charge in [0.15, 0.2) is 0 Å². The Labute approximate surface area is 74.8 Å². The fraction of sp³-hybridized carbons (Fsp3) is 0.375. The van der Waals surface area contributed by atoms with Crippen LogP contribution in [0.15, 0.2) is 16.9 Å². The van der Waals surface area contributed by atoms with Crippen LogP contribution >= 0.6 is 11.6 Å². The molecule has 3 nitrogen and oxygen atoms in total. The van der Waals surface area contributed by atoms with E-state index in [1.54, 1.807) is 6.07 Å². The fourth-order valence-corrected chi connectivity index (χ4v) is 1.57. The van der Waals surface area contributed by atoms with E-state index in [1.807, 2.05) is 0 Å². The standard InChI is InChI=1S/C8H9ClN2O/c9-8-5(6-3-4-10-6)1-2-7(12)11-8/h1-2,6,10H,3-4H2,(H,11,12). The largest absolute Gasteiger partial charge is 0.313 e. The van der Waals surface area contributed by atoms with Gasteiger partial charge in [-0.3, -0.25) is 4.79 Å². The van der Waals surface area contributed by atoms with Crippen molar-refractivity contribution in [3.8, 4) is 0 Å². The van der Waals surface area contributed by atoms with Crippen LogP contribution in [0.5, 0.6) is 0 Å². The second-order valence-electron chi connectivity index (χ2n) is 2.89. The van der Waals surface area contributed by atoms with Crippen molar-refractivity contribution in [1.82, 2.24) is 10.3 Å². The van der Waals surface area contributed by atoms with Crippen molar-refractivity contribution < 1.29 is 0 Å². The predicted molar refractivity (Wildman–Crippen MR) is 47.4 cm³/mol. The Balaban J connectivity index is 2.37. The Morgan fingerprint density at radius 1 is 1.50 bits per heavy atom. The second-order valence-corrected chi connectivity index (χ2v) is 3.27. The number of pyridine rings is 1. The van der Waals surface area contributed by atoms with Gasteiger partial charge < -0.3 is 10.3 Å². The Morgan fingerprint density at radius 3 is 2.75 bits per heavy atom. The Kier molecular flexibility index (Phi) is 1.90. The molecule has 2 rings (SSSR count). The zero-order valence-corrected chi connectivity index (χ0v) is 7.19. The topological polar surface area (TPSA) is 44.9 Å². The number of aromatic amines is 1. The average Bonchev–Trinajstić information content (AvgIpc) is 1.91. The van der Waals surface area contributed by atoms with Crippen LogP contribution in [0.3, 0.4) is 0 Å². The van der Waals surface area contributed by atoms with E-state index in [2.05, 4.69) is 10.3 Å². The van der Waals surface area contributed by atoms with Crippen molar-refractivity contribution in [2.75, 3.05) is 6.54 Å². The summed E-state index contributed by atoms with van der Waals surface area (Å²) in [5, 5.41) is 3.67. The van der Waals surface area contributed by atoms with E-state index in [0.29, 0.717) is 11.2 Å². The van der Waals surface area contributed by atoms with Crippen molar-refractivity contribution in [3.63, 3.8) is 0 Å². The highest BCUT2D eigenvalue weighted by molar-refractivity contribution is 6.30. The minimum Gasteiger partial charge on any atom is -0.313 e. The van der Waals surface area contributed by atoms with Crippen LogP contribution in [-0.4, -0.2) is 11.5 Å². The molecule has 0 amide bonds. The molecule has 12 heavy (non-hydrogen) atoms. The van der Waals surface area contributed by atoms with Crippen LogP contribution in [0.25, 0.3) is 0 Å². The molecule has 0 aliphatic carbocycles.